The van der Waals surface area contributed by atoms with E-state index < -0.39 is 17.3 Å². The lowest BCUT2D eigenvalue weighted by Gasteiger charge is -2.42. The van der Waals surface area contributed by atoms with Gasteiger partial charge in [-0.25, -0.2) is 0 Å². The van der Waals surface area contributed by atoms with E-state index in [2.05, 4.69) is 12.1 Å². The molecule has 0 unspecified atom stereocenters. The Hall–Kier alpha value is -3.37. The summed E-state index contributed by atoms with van der Waals surface area (Å²) in [6, 6.07) is 28.2. The number of benzene rings is 3. The maximum Gasteiger partial charge on any atom is 0.162 e. The van der Waals surface area contributed by atoms with Crippen molar-refractivity contribution in [1.29, 1.82) is 10.5 Å². The lowest BCUT2D eigenvalue weighted by molar-refractivity contribution is -0.118. The van der Waals surface area contributed by atoms with Crippen LogP contribution in [0.4, 0.5) is 0 Å². The summed E-state index contributed by atoms with van der Waals surface area (Å²) >= 11 is 12.7. The first-order chi connectivity index (χ1) is 15.5. The predicted molar refractivity (Wildman–Crippen MR) is 126 cm³/mol. The zero-order valence-corrected chi connectivity index (χ0v) is 18.5. The number of carbonyl (C=O) groups excluding carboxylic acids is 1. The summed E-state index contributed by atoms with van der Waals surface area (Å²) in [4.78, 5) is 13.5. The zero-order valence-electron chi connectivity index (χ0n) is 17.0. The minimum atomic E-state index is -1.53. The van der Waals surface area contributed by atoms with Crippen LogP contribution >= 0.6 is 23.2 Å². The van der Waals surface area contributed by atoms with Gasteiger partial charge in [-0.15, -0.1) is 0 Å². The molecule has 0 bridgehead atoms. The van der Waals surface area contributed by atoms with Crippen LogP contribution in [0.25, 0.3) is 6.08 Å². The Balaban J connectivity index is 2.01. The van der Waals surface area contributed by atoms with Gasteiger partial charge >= 0.3 is 0 Å². The fourth-order valence-corrected chi connectivity index (χ4v) is 5.01. The van der Waals surface area contributed by atoms with Crippen LogP contribution in [-0.4, -0.2) is 5.78 Å². The Kier molecular flexibility index (Phi) is 6.15. The monoisotopic (exact) mass is 456 g/mol. The summed E-state index contributed by atoms with van der Waals surface area (Å²) in [7, 11) is 0. The molecular formula is C27H18Cl2N2O. The molecule has 4 rings (SSSR count). The van der Waals surface area contributed by atoms with E-state index in [1.54, 1.807) is 24.3 Å². The highest BCUT2D eigenvalue weighted by Gasteiger charge is 2.55. The van der Waals surface area contributed by atoms with Gasteiger partial charge in [0.1, 0.15) is 0 Å². The van der Waals surface area contributed by atoms with Crippen LogP contribution < -0.4 is 0 Å². The van der Waals surface area contributed by atoms with Crippen molar-refractivity contribution >= 4 is 35.1 Å². The van der Waals surface area contributed by atoms with E-state index in [-0.39, 0.29) is 12.2 Å². The van der Waals surface area contributed by atoms with Gasteiger partial charge in [0.15, 0.2) is 11.2 Å². The molecule has 5 heteroatoms. The molecule has 3 nitrogen and oxygen atoms in total. The van der Waals surface area contributed by atoms with E-state index in [4.69, 9.17) is 23.2 Å². The van der Waals surface area contributed by atoms with Gasteiger partial charge in [0.2, 0.25) is 0 Å². The summed E-state index contributed by atoms with van der Waals surface area (Å²) in [5.74, 6) is -1.55. The molecule has 1 aliphatic carbocycles. The van der Waals surface area contributed by atoms with Gasteiger partial charge < -0.3 is 0 Å². The molecule has 0 N–H and O–H groups in total. The van der Waals surface area contributed by atoms with Crippen LogP contribution in [0.5, 0.6) is 0 Å². The molecule has 0 amide bonds. The topological polar surface area (TPSA) is 64.7 Å². The van der Waals surface area contributed by atoms with Gasteiger partial charge in [-0.05, 0) is 34.9 Å². The fourth-order valence-electron chi connectivity index (χ4n) is 4.49. The quantitative estimate of drug-likeness (QED) is 0.400. The molecular weight excluding hydrogens is 439 g/mol. The largest absolute Gasteiger partial charge is 0.295 e. The molecule has 0 spiro atoms. The molecule has 1 saturated carbocycles. The highest BCUT2D eigenvalue weighted by Crippen LogP contribution is 2.57. The second-order valence-corrected chi connectivity index (χ2v) is 8.64. The lowest BCUT2D eigenvalue weighted by Crippen LogP contribution is -2.41. The van der Waals surface area contributed by atoms with E-state index in [0.717, 1.165) is 11.1 Å². The molecule has 156 valence electrons. The molecule has 3 aromatic rings. The third-order valence-electron chi connectivity index (χ3n) is 5.99. The highest BCUT2D eigenvalue weighted by molar-refractivity contribution is 6.35. The standard InChI is InChI=1S/C27H18Cl2N2O/c28-20-11-12-21(24(29)14-20)26-22(13-18-7-3-1-4-8-18)25(32)15-23(27(26,16-30)17-31)19-9-5-2-6-10-19/h1-14,23,26H,15H2/b22-13-/t23-,26+/m0/s1. The molecule has 0 aromatic heterocycles. The average Bonchev–Trinajstić information content (AvgIpc) is 2.82. The second-order valence-electron chi connectivity index (χ2n) is 7.79. The molecule has 3 aromatic carbocycles. The molecule has 0 radical (unpaired) electrons. The third-order valence-corrected chi connectivity index (χ3v) is 6.56. The van der Waals surface area contributed by atoms with E-state index in [1.165, 1.54) is 0 Å². The van der Waals surface area contributed by atoms with Crippen LogP contribution in [0.1, 0.15) is 34.9 Å². The summed E-state index contributed by atoms with van der Waals surface area (Å²) in [6.07, 6.45) is 1.83. The molecule has 0 aliphatic heterocycles. The number of hydrogen-bond donors (Lipinski definition) is 0. The van der Waals surface area contributed by atoms with Gasteiger partial charge in [-0.1, -0.05) is 89.9 Å². The normalized spacial score (nSPS) is 21.0. The fraction of sp³-hybridized carbons (Fsp3) is 0.148. The minimum absolute atomic E-state index is 0.0610. The number of nitrogens with zero attached hydrogens (tertiary/aromatic N) is 2. The molecule has 1 aliphatic rings. The maximum atomic E-state index is 13.5. The van der Waals surface area contributed by atoms with Crippen LogP contribution in [0.3, 0.4) is 0 Å². The Morgan fingerprint density at radius 1 is 0.906 bits per heavy atom. The van der Waals surface area contributed by atoms with Gasteiger partial charge in [-0.2, -0.15) is 10.5 Å². The number of hydrogen-bond acceptors (Lipinski definition) is 3. The maximum absolute atomic E-state index is 13.5. The first kappa shape index (κ1) is 21.8. The average molecular weight is 457 g/mol. The summed E-state index contributed by atoms with van der Waals surface area (Å²) in [5.41, 5.74) is 0.991. The van der Waals surface area contributed by atoms with E-state index in [9.17, 15) is 15.3 Å². The SMILES string of the molecule is N#CC1(C#N)[C@H](c2ccccc2)CC(=O)/C(=C/c2ccccc2)[C@H]1c1ccc(Cl)cc1Cl. The summed E-state index contributed by atoms with van der Waals surface area (Å²) in [6.45, 7) is 0. The molecule has 0 heterocycles. The Morgan fingerprint density at radius 2 is 1.53 bits per heavy atom. The first-order valence-corrected chi connectivity index (χ1v) is 10.9. The predicted octanol–water partition coefficient (Wildman–Crippen LogP) is 6.95. The van der Waals surface area contributed by atoms with Crippen molar-refractivity contribution in [2.45, 2.75) is 18.3 Å². The van der Waals surface area contributed by atoms with Crippen molar-refractivity contribution in [1.82, 2.24) is 0 Å². The molecule has 2 atom stereocenters. The van der Waals surface area contributed by atoms with Crippen LogP contribution in [-0.2, 0) is 4.79 Å². The number of rotatable bonds is 3. The minimum Gasteiger partial charge on any atom is -0.295 e. The van der Waals surface area contributed by atoms with Gasteiger partial charge in [0.25, 0.3) is 0 Å². The van der Waals surface area contributed by atoms with E-state index in [1.807, 2.05) is 60.7 Å². The number of allylic oxidation sites excluding steroid dienone is 1. The molecule has 1 fully saturated rings. The molecule has 0 saturated heterocycles. The van der Waals surface area contributed by atoms with Crippen molar-refractivity contribution in [3.63, 3.8) is 0 Å². The summed E-state index contributed by atoms with van der Waals surface area (Å²) in [5, 5.41) is 21.6. The Bertz CT molecular complexity index is 1260. The van der Waals surface area contributed by atoms with E-state index in [0.29, 0.717) is 21.2 Å². The van der Waals surface area contributed by atoms with Gasteiger partial charge in [0, 0.05) is 33.9 Å². The van der Waals surface area contributed by atoms with Crippen LogP contribution in [0.2, 0.25) is 10.0 Å². The summed E-state index contributed by atoms with van der Waals surface area (Å²) < 4.78 is 0. The van der Waals surface area contributed by atoms with Crippen molar-refractivity contribution < 1.29 is 4.79 Å². The first-order valence-electron chi connectivity index (χ1n) is 10.1. The Labute approximate surface area is 197 Å². The van der Waals surface area contributed by atoms with Crippen molar-refractivity contribution in [2.24, 2.45) is 5.41 Å². The van der Waals surface area contributed by atoms with Gasteiger partial charge in [0.05, 0.1) is 12.1 Å². The number of Topliss-reactive ketones (excluding diaryl/α,β-unsaturated/α-hetero) is 1. The number of carbonyl (C=O) groups is 1. The van der Waals surface area contributed by atoms with Gasteiger partial charge in [-0.3, -0.25) is 4.79 Å². The van der Waals surface area contributed by atoms with Crippen molar-refractivity contribution in [2.75, 3.05) is 0 Å². The van der Waals surface area contributed by atoms with Crippen molar-refractivity contribution in [3.05, 3.63) is 111 Å². The van der Waals surface area contributed by atoms with Crippen LogP contribution in [0.15, 0.2) is 84.4 Å². The smallest absolute Gasteiger partial charge is 0.162 e. The highest BCUT2D eigenvalue weighted by atomic mass is 35.5. The third kappa shape index (κ3) is 3.82. The number of ketones is 1. The van der Waals surface area contributed by atoms with E-state index >= 15 is 0 Å². The number of halogens is 2. The molecule has 32 heavy (non-hydrogen) atoms. The zero-order chi connectivity index (χ0) is 22.7. The Morgan fingerprint density at radius 3 is 2.12 bits per heavy atom. The van der Waals surface area contributed by atoms with Crippen LogP contribution in [0, 0.1) is 28.1 Å². The number of nitriles is 2. The van der Waals surface area contributed by atoms with Crippen molar-refractivity contribution in [3.8, 4) is 12.1 Å². The lowest BCUT2D eigenvalue weighted by atomic mass is 9.55. The second kappa shape index (κ2) is 9.01.